The predicted molar refractivity (Wildman–Crippen MR) is 124 cm³/mol. The summed E-state index contributed by atoms with van der Waals surface area (Å²) in [7, 11) is -1.41. The maximum atomic E-state index is 12.3. The van der Waals surface area contributed by atoms with E-state index in [4.69, 9.17) is 19.0 Å². The van der Waals surface area contributed by atoms with Crippen molar-refractivity contribution in [1.29, 1.82) is 5.26 Å². The molecule has 30 heavy (non-hydrogen) atoms. The fourth-order valence-corrected chi connectivity index (χ4v) is 5.86. The molecule has 1 aliphatic rings. The molecule has 0 saturated carbocycles. The van der Waals surface area contributed by atoms with Gasteiger partial charge in [-0.1, -0.05) is 22.6 Å². The van der Waals surface area contributed by atoms with Crippen molar-refractivity contribution in [2.24, 2.45) is 0 Å². The fraction of sp³-hybridized carbons (Fsp3) is 0.737. The Kier molecular flexibility index (Phi) is 9.91. The Labute approximate surface area is 191 Å². The third-order valence-corrected chi connectivity index (χ3v) is 7.70. The van der Waals surface area contributed by atoms with Crippen LogP contribution in [0.2, 0.25) is 0 Å². The Morgan fingerprint density at radius 2 is 2.07 bits per heavy atom. The molecule has 1 saturated heterocycles. The number of hydrogen-bond acceptors (Lipinski definition) is 7. The number of nitrogens with zero attached hydrogens (tertiary/aromatic N) is 3. The minimum absolute atomic E-state index is 0.193. The van der Waals surface area contributed by atoms with E-state index < -0.39 is 26.0 Å². The van der Waals surface area contributed by atoms with Crippen LogP contribution in [0.5, 0.6) is 0 Å². The summed E-state index contributed by atoms with van der Waals surface area (Å²) < 4.78 is 22.8. The van der Waals surface area contributed by atoms with Crippen LogP contribution < -0.4 is 11.2 Å². The van der Waals surface area contributed by atoms with Crippen LogP contribution in [0.3, 0.4) is 0 Å². The second kappa shape index (κ2) is 11.7. The lowest BCUT2D eigenvalue weighted by Crippen LogP contribution is -2.36. The minimum Gasteiger partial charge on any atom is -0.351 e. The number of halogens is 1. The van der Waals surface area contributed by atoms with Crippen LogP contribution in [0.1, 0.15) is 52.3 Å². The molecule has 4 atom stereocenters. The summed E-state index contributed by atoms with van der Waals surface area (Å²) >= 11 is 2.24. The first-order valence-electron chi connectivity index (χ1n) is 9.98. The molecule has 0 amide bonds. The first-order chi connectivity index (χ1) is 14.2. The maximum absolute atomic E-state index is 12.3. The van der Waals surface area contributed by atoms with E-state index in [2.05, 4.69) is 66.0 Å². The summed E-state index contributed by atoms with van der Waals surface area (Å²) in [6.07, 6.45) is 1.25. The van der Waals surface area contributed by atoms with Crippen LogP contribution in [0.15, 0.2) is 15.8 Å². The van der Waals surface area contributed by atoms with Crippen molar-refractivity contribution >= 4 is 31.1 Å². The molecule has 9 nitrogen and oxygen atoms in total. The predicted octanol–water partition coefficient (Wildman–Crippen LogP) is 3.23. The molecule has 1 fully saturated rings. The van der Waals surface area contributed by atoms with Crippen molar-refractivity contribution in [2.75, 3.05) is 11.0 Å². The lowest BCUT2D eigenvalue weighted by atomic mass is 10.2. The van der Waals surface area contributed by atoms with E-state index in [1.54, 1.807) is 6.92 Å². The first-order valence-corrected chi connectivity index (χ1v) is 12.6. The topological polar surface area (TPSA) is 110 Å². The van der Waals surface area contributed by atoms with Gasteiger partial charge in [-0.2, -0.15) is 5.26 Å². The van der Waals surface area contributed by atoms with Crippen molar-refractivity contribution < 1.29 is 13.8 Å². The number of alkyl halides is 1. The number of nitrogens with one attached hydrogen (secondary N) is 1. The SMILES string of the molecule is Cc1cn([C@H]2C[C@H](OP(OCCC#N)N(C(C)C)C(C)C)[C@@H](CI)O2)c(=O)[nH]c1=O. The first kappa shape index (κ1) is 25.4. The minimum atomic E-state index is -1.41. The second-order valence-electron chi connectivity index (χ2n) is 7.69. The number of hydrogen-bond donors (Lipinski definition) is 1. The Morgan fingerprint density at radius 1 is 1.40 bits per heavy atom. The van der Waals surface area contributed by atoms with E-state index in [9.17, 15) is 9.59 Å². The molecule has 0 aromatic carbocycles. The molecule has 0 radical (unpaired) electrons. The number of nitriles is 1. The average Bonchev–Trinajstić information content (AvgIpc) is 3.06. The number of rotatable bonds is 10. The molecule has 11 heteroatoms. The van der Waals surface area contributed by atoms with Crippen molar-refractivity contribution in [1.82, 2.24) is 14.2 Å². The number of aryl methyl sites for hydroxylation is 1. The lowest BCUT2D eigenvalue weighted by molar-refractivity contribution is -0.00493. The van der Waals surface area contributed by atoms with Crippen molar-refractivity contribution in [3.8, 4) is 6.07 Å². The third-order valence-electron chi connectivity index (χ3n) is 4.68. The molecule has 1 aromatic rings. The maximum Gasteiger partial charge on any atom is 0.330 e. The molecule has 1 aromatic heterocycles. The van der Waals surface area contributed by atoms with Crippen molar-refractivity contribution in [3.63, 3.8) is 0 Å². The molecule has 1 N–H and O–H groups in total. The third kappa shape index (κ3) is 6.34. The molecule has 1 unspecified atom stereocenters. The van der Waals surface area contributed by atoms with E-state index in [0.717, 1.165) is 0 Å². The van der Waals surface area contributed by atoms with Gasteiger partial charge in [0.05, 0.1) is 31.3 Å². The summed E-state index contributed by atoms with van der Waals surface area (Å²) in [5, 5.41) is 8.87. The zero-order valence-corrected chi connectivity index (χ0v) is 21.1. The number of H-pyrrole nitrogens is 1. The van der Waals surface area contributed by atoms with Gasteiger partial charge in [-0.25, -0.2) is 9.46 Å². The smallest absolute Gasteiger partial charge is 0.330 e. The van der Waals surface area contributed by atoms with Gasteiger partial charge in [0, 0.05) is 34.7 Å². The number of aromatic amines is 1. The van der Waals surface area contributed by atoms with E-state index in [1.165, 1.54) is 10.8 Å². The van der Waals surface area contributed by atoms with Gasteiger partial charge < -0.3 is 13.8 Å². The largest absolute Gasteiger partial charge is 0.351 e. The Bertz CT molecular complexity index is 845. The highest BCUT2D eigenvalue weighted by Crippen LogP contribution is 2.50. The highest BCUT2D eigenvalue weighted by Gasteiger charge is 2.41. The van der Waals surface area contributed by atoms with Crippen LogP contribution >= 0.6 is 31.1 Å². The van der Waals surface area contributed by atoms with Gasteiger partial charge in [0.2, 0.25) is 0 Å². The van der Waals surface area contributed by atoms with Crippen LogP contribution in [0.4, 0.5) is 0 Å². The van der Waals surface area contributed by atoms with Gasteiger partial charge >= 0.3 is 5.69 Å². The van der Waals surface area contributed by atoms with E-state index in [0.29, 0.717) is 23.0 Å². The standard InChI is InChI=1S/C19H30IN4O5P/c1-12(2)24(13(3)4)30(27-8-6-7-21)29-15-9-17(28-16(15)10-20)23-11-14(5)18(25)22-19(23)26/h11-13,15-17H,6,8-10H2,1-5H3,(H,22,25,26)/t15-,16+,17+,30?/m0/s1. The molecule has 0 spiro atoms. The lowest BCUT2D eigenvalue weighted by Gasteiger charge is -2.37. The molecule has 1 aliphatic heterocycles. The average molecular weight is 552 g/mol. The number of ether oxygens (including phenoxy) is 1. The van der Waals surface area contributed by atoms with Crippen molar-refractivity contribution in [2.45, 2.75) is 78.0 Å². The normalized spacial score (nSPS) is 22.7. The van der Waals surface area contributed by atoms with E-state index in [-0.39, 0.29) is 30.7 Å². The zero-order valence-electron chi connectivity index (χ0n) is 18.0. The quantitative estimate of drug-likeness (QED) is 0.206. The van der Waals surface area contributed by atoms with Crippen LogP contribution in [0, 0.1) is 18.3 Å². The van der Waals surface area contributed by atoms with Gasteiger partial charge in [0.25, 0.3) is 14.1 Å². The van der Waals surface area contributed by atoms with Gasteiger partial charge in [0.15, 0.2) is 0 Å². The van der Waals surface area contributed by atoms with Crippen LogP contribution in [-0.2, 0) is 13.8 Å². The van der Waals surface area contributed by atoms with Gasteiger partial charge in [-0.15, -0.1) is 0 Å². The Balaban J connectivity index is 2.24. The van der Waals surface area contributed by atoms with Crippen molar-refractivity contribution in [3.05, 3.63) is 32.6 Å². The molecular weight excluding hydrogens is 522 g/mol. The summed E-state index contributed by atoms with van der Waals surface area (Å²) in [4.78, 5) is 26.3. The molecule has 0 bridgehead atoms. The van der Waals surface area contributed by atoms with Crippen LogP contribution in [0.25, 0.3) is 0 Å². The van der Waals surface area contributed by atoms with Gasteiger partial charge in [-0.3, -0.25) is 14.3 Å². The Hall–Kier alpha value is -0.830. The van der Waals surface area contributed by atoms with E-state index in [1.807, 2.05) is 0 Å². The molecule has 168 valence electrons. The zero-order chi connectivity index (χ0) is 22.4. The monoisotopic (exact) mass is 552 g/mol. The molecular formula is C19H30IN4O5P. The van der Waals surface area contributed by atoms with Gasteiger partial charge in [0.1, 0.15) is 6.23 Å². The summed E-state index contributed by atoms with van der Waals surface area (Å²) in [6.45, 7) is 10.3. The van der Waals surface area contributed by atoms with Crippen LogP contribution in [-0.4, -0.2) is 49.5 Å². The summed E-state index contributed by atoms with van der Waals surface area (Å²) in [5.41, 5.74) is -0.449. The van der Waals surface area contributed by atoms with Gasteiger partial charge in [-0.05, 0) is 34.6 Å². The molecule has 2 rings (SSSR count). The fourth-order valence-electron chi connectivity index (χ4n) is 3.33. The molecule has 0 aliphatic carbocycles. The number of aromatic nitrogens is 2. The second-order valence-corrected chi connectivity index (χ2v) is 9.98. The summed E-state index contributed by atoms with van der Waals surface area (Å²) in [5.74, 6) is 0. The molecule has 2 heterocycles. The highest BCUT2D eigenvalue weighted by molar-refractivity contribution is 14.1. The highest BCUT2D eigenvalue weighted by atomic mass is 127. The Morgan fingerprint density at radius 3 is 2.63 bits per heavy atom. The summed E-state index contributed by atoms with van der Waals surface area (Å²) in [6, 6.07) is 2.48. The van der Waals surface area contributed by atoms with E-state index >= 15 is 0 Å².